The number of sulfone groups is 1. The van der Waals surface area contributed by atoms with Crippen molar-refractivity contribution in [3.05, 3.63) is 57.9 Å². The fraction of sp³-hybridized carbons (Fsp3) is 0.238. The Kier molecular flexibility index (Phi) is 6.10. The van der Waals surface area contributed by atoms with Gasteiger partial charge < -0.3 is 4.57 Å². The molecule has 0 aliphatic heterocycles. The third-order valence-corrected chi connectivity index (χ3v) is 7.18. The Morgan fingerprint density at radius 2 is 1.90 bits per heavy atom. The Hall–Kier alpha value is -3.29. The number of aromatic nitrogens is 3. The van der Waals surface area contributed by atoms with Gasteiger partial charge in [0.1, 0.15) is 11.6 Å². The molecule has 0 spiro atoms. The van der Waals surface area contributed by atoms with Crippen molar-refractivity contribution in [2.45, 2.75) is 32.0 Å². The van der Waals surface area contributed by atoms with Gasteiger partial charge >= 0.3 is 0 Å². The van der Waals surface area contributed by atoms with E-state index >= 15 is 0 Å². The molecule has 1 amide bonds. The summed E-state index contributed by atoms with van der Waals surface area (Å²) in [6, 6.07) is 10.00. The van der Waals surface area contributed by atoms with Gasteiger partial charge in [-0.2, -0.15) is 5.26 Å². The number of aryl methyl sites for hydroxylation is 3. The Morgan fingerprint density at radius 1 is 1.19 bits per heavy atom. The second-order valence-electron chi connectivity index (χ2n) is 7.22. The number of benzene rings is 1. The first-order valence-electron chi connectivity index (χ1n) is 9.24. The maximum Gasteiger partial charge on any atom is 0.268 e. The first kappa shape index (κ1) is 22.4. The Morgan fingerprint density at radius 3 is 2.48 bits per heavy atom. The molecule has 0 saturated heterocycles. The van der Waals surface area contributed by atoms with E-state index in [9.17, 15) is 18.5 Å². The van der Waals surface area contributed by atoms with E-state index in [1.165, 1.54) is 11.6 Å². The lowest BCUT2D eigenvalue weighted by atomic mass is 10.1. The van der Waals surface area contributed by atoms with E-state index < -0.39 is 15.7 Å². The van der Waals surface area contributed by atoms with Crippen LogP contribution in [-0.2, 0) is 14.6 Å². The predicted molar refractivity (Wildman–Crippen MR) is 120 cm³/mol. The zero-order valence-corrected chi connectivity index (χ0v) is 19.3. The largest absolute Gasteiger partial charge is 0.318 e. The average molecular weight is 456 g/mol. The summed E-state index contributed by atoms with van der Waals surface area (Å²) in [5.41, 5.74) is 5.78. The predicted octanol–water partition coefficient (Wildman–Crippen LogP) is 3.51. The minimum Gasteiger partial charge on any atom is -0.318 e. The van der Waals surface area contributed by atoms with Crippen LogP contribution in [0.3, 0.4) is 0 Å². The minimum atomic E-state index is -3.52. The van der Waals surface area contributed by atoms with E-state index in [1.807, 2.05) is 52.0 Å². The molecule has 8 nitrogen and oxygen atoms in total. The number of anilines is 1. The fourth-order valence-corrected chi connectivity index (χ4v) is 4.74. The molecule has 1 N–H and O–H groups in total. The molecule has 1 aromatic carbocycles. The monoisotopic (exact) mass is 455 g/mol. The zero-order chi connectivity index (χ0) is 22.9. The highest BCUT2D eigenvalue weighted by molar-refractivity contribution is 7.92. The first-order chi connectivity index (χ1) is 14.5. The van der Waals surface area contributed by atoms with Gasteiger partial charge in [-0.25, -0.2) is 8.42 Å². The summed E-state index contributed by atoms with van der Waals surface area (Å²) in [5, 5.41) is 19.2. The van der Waals surface area contributed by atoms with Crippen molar-refractivity contribution < 1.29 is 13.2 Å². The molecule has 3 rings (SSSR count). The Bertz CT molecular complexity index is 1360. The Labute approximate surface area is 184 Å². The van der Waals surface area contributed by atoms with Crippen molar-refractivity contribution in [2.24, 2.45) is 0 Å². The maximum atomic E-state index is 12.6. The van der Waals surface area contributed by atoms with Crippen LogP contribution in [0.15, 0.2) is 34.2 Å². The number of nitrogens with zero attached hydrogens (tertiary/aromatic N) is 4. The summed E-state index contributed by atoms with van der Waals surface area (Å²) in [6.45, 7) is 7.96. The SMILES string of the molecule is Cc1ccc(-n2c(C)cc(C=C(C#N)C(=O)Nc3nnc(S(C)(=O)=O)s3)c2C)c(C)c1. The highest BCUT2D eigenvalue weighted by Gasteiger charge is 2.18. The zero-order valence-electron chi connectivity index (χ0n) is 17.7. The number of hydrogen-bond donors (Lipinski definition) is 1. The van der Waals surface area contributed by atoms with Crippen molar-refractivity contribution in [3.63, 3.8) is 0 Å². The second-order valence-corrected chi connectivity index (χ2v) is 10.4. The number of nitrogens with one attached hydrogen (secondary N) is 1. The van der Waals surface area contributed by atoms with Crippen molar-refractivity contribution in [1.29, 1.82) is 5.26 Å². The molecule has 0 unspecified atom stereocenters. The van der Waals surface area contributed by atoms with Crippen LogP contribution in [0.2, 0.25) is 0 Å². The van der Waals surface area contributed by atoms with E-state index in [2.05, 4.69) is 26.1 Å². The molecular formula is C21H21N5O3S2. The molecular weight excluding hydrogens is 434 g/mol. The van der Waals surface area contributed by atoms with Gasteiger partial charge in [-0.05, 0) is 57.0 Å². The lowest BCUT2D eigenvalue weighted by molar-refractivity contribution is -0.112. The highest BCUT2D eigenvalue weighted by atomic mass is 32.2. The normalized spacial score (nSPS) is 11.9. The quantitative estimate of drug-likeness (QED) is 0.357. The molecule has 0 bridgehead atoms. The van der Waals surface area contributed by atoms with E-state index in [4.69, 9.17) is 0 Å². The highest BCUT2D eigenvalue weighted by Crippen LogP contribution is 2.26. The third kappa shape index (κ3) is 4.73. The number of carbonyl (C=O) groups excluding carboxylic acids is 1. The molecule has 0 aliphatic carbocycles. The van der Waals surface area contributed by atoms with Crippen LogP contribution in [0.25, 0.3) is 11.8 Å². The Balaban J connectivity index is 1.93. The van der Waals surface area contributed by atoms with Crippen molar-refractivity contribution in [3.8, 4) is 11.8 Å². The van der Waals surface area contributed by atoms with Gasteiger partial charge in [-0.3, -0.25) is 10.1 Å². The van der Waals surface area contributed by atoms with Crippen LogP contribution >= 0.6 is 11.3 Å². The summed E-state index contributed by atoms with van der Waals surface area (Å²) in [4.78, 5) is 12.6. The molecule has 2 heterocycles. The molecule has 3 aromatic rings. The maximum absolute atomic E-state index is 12.6. The lowest BCUT2D eigenvalue weighted by Crippen LogP contribution is -2.13. The standard InChI is InChI=1S/C21H21N5O3S2/c1-12-6-7-18(13(2)8-12)26-14(3)9-16(15(26)4)10-17(11-22)19(27)23-20-24-25-21(30-20)31(5,28)29/h6-10H,1-5H3,(H,23,24,27). The van der Waals surface area contributed by atoms with Crippen LogP contribution in [0.5, 0.6) is 0 Å². The summed E-state index contributed by atoms with van der Waals surface area (Å²) in [6.07, 6.45) is 2.52. The summed E-state index contributed by atoms with van der Waals surface area (Å²) >= 11 is 0.729. The molecule has 0 atom stereocenters. The third-order valence-electron chi connectivity index (χ3n) is 4.67. The van der Waals surface area contributed by atoms with Gasteiger partial charge in [0.25, 0.3) is 5.91 Å². The van der Waals surface area contributed by atoms with Crippen molar-refractivity contribution in [2.75, 3.05) is 11.6 Å². The van der Waals surface area contributed by atoms with Crippen LogP contribution in [-0.4, -0.2) is 35.3 Å². The first-order valence-corrected chi connectivity index (χ1v) is 12.0. The lowest BCUT2D eigenvalue weighted by Gasteiger charge is -2.13. The van der Waals surface area contributed by atoms with Gasteiger partial charge in [-0.1, -0.05) is 29.0 Å². The molecule has 160 valence electrons. The molecule has 2 aromatic heterocycles. The van der Waals surface area contributed by atoms with E-state index in [-0.39, 0.29) is 15.0 Å². The number of carbonyl (C=O) groups is 1. The number of nitriles is 1. The molecule has 0 aliphatic rings. The summed E-state index contributed by atoms with van der Waals surface area (Å²) < 4.78 is 24.9. The second kappa shape index (κ2) is 8.45. The van der Waals surface area contributed by atoms with Gasteiger partial charge in [0.05, 0.1) is 0 Å². The van der Waals surface area contributed by atoms with Gasteiger partial charge in [0.15, 0.2) is 0 Å². The van der Waals surface area contributed by atoms with Gasteiger partial charge in [0, 0.05) is 23.3 Å². The number of amides is 1. The summed E-state index contributed by atoms with van der Waals surface area (Å²) in [5.74, 6) is -0.685. The fourth-order valence-electron chi connectivity index (χ4n) is 3.24. The van der Waals surface area contributed by atoms with Gasteiger partial charge in [0.2, 0.25) is 19.3 Å². The minimum absolute atomic E-state index is 0.00679. The van der Waals surface area contributed by atoms with E-state index in [1.54, 1.807) is 0 Å². The van der Waals surface area contributed by atoms with Crippen molar-refractivity contribution in [1.82, 2.24) is 14.8 Å². The van der Waals surface area contributed by atoms with Gasteiger partial charge in [-0.15, -0.1) is 10.2 Å². The molecule has 0 fully saturated rings. The van der Waals surface area contributed by atoms with Crippen LogP contribution in [0.1, 0.15) is 28.1 Å². The molecule has 10 heteroatoms. The average Bonchev–Trinajstić information content (AvgIpc) is 3.25. The van der Waals surface area contributed by atoms with Crippen molar-refractivity contribution >= 4 is 38.3 Å². The summed E-state index contributed by atoms with van der Waals surface area (Å²) in [7, 11) is -3.52. The van der Waals surface area contributed by atoms with E-state index in [0.29, 0.717) is 0 Å². The van der Waals surface area contributed by atoms with Crippen LogP contribution < -0.4 is 5.32 Å². The van der Waals surface area contributed by atoms with E-state index in [0.717, 1.165) is 45.8 Å². The number of hydrogen-bond acceptors (Lipinski definition) is 7. The molecule has 31 heavy (non-hydrogen) atoms. The van der Waals surface area contributed by atoms with Crippen LogP contribution in [0.4, 0.5) is 5.13 Å². The molecule has 0 saturated carbocycles. The number of rotatable bonds is 5. The topological polar surface area (TPSA) is 118 Å². The van der Waals surface area contributed by atoms with Crippen LogP contribution in [0, 0.1) is 39.0 Å². The molecule has 0 radical (unpaired) electrons. The smallest absolute Gasteiger partial charge is 0.268 e.